The van der Waals surface area contributed by atoms with Crippen molar-refractivity contribution in [2.75, 3.05) is 62.6 Å². The van der Waals surface area contributed by atoms with Gasteiger partial charge < -0.3 is 19.9 Å². The van der Waals surface area contributed by atoms with Gasteiger partial charge in [-0.2, -0.15) is 0 Å². The number of aromatic amines is 1. The van der Waals surface area contributed by atoms with Crippen molar-refractivity contribution in [1.29, 1.82) is 0 Å². The van der Waals surface area contributed by atoms with Gasteiger partial charge in [-0.25, -0.2) is 0 Å². The van der Waals surface area contributed by atoms with E-state index in [2.05, 4.69) is 82.2 Å². The van der Waals surface area contributed by atoms with Crippen molar-refractivity contribution >= 4 is 34.9 Å². The summed E-state index contributed by atoms with van der Waals surface area (Å²) in [5, 5.41) is 3.75. The third kappa shape index (κ3) is 6.09. The highest BCUT2D eigenvalue weighted by molar-refractivity contribution is 8.05. The lowest BCUT2D eigenvalue weighted by atomic mass is 10.1. The van der Waals surface area contributed by atoms with Crippen LogP contribution in [0.4, 0.5) is 11.4 Å². The van der Waals surface area contributed by atoms with Crippen molar-refractivity contribution in [2.24, 2.45) is 0 Å². The van der Waals surface area contributed by atoms with Gasteiger partial charge in [-0.3, -0.25) is 14.6 Å². The zero-order valence-corrected chi connectivity index (χ0v) is 25.2. The third-order valence-corrected chi connectivity index (χ3v) is 10.6. The molecule has 212 valence electrons. The summed E-state index contributed by atoms with van der Waals surface area (Å²) in [4.78, 5) is 27.6. The Morgan fingerprint density at radius 2 is 1.82 bits per heavy atom. The predicted molar refractivity (Wildman–Crippen MR) is 165 cm³/mol. The van der Waals surface area contributed by atoms with Crippen molar-refractivity contribution in [1.82, 2.24) is 14.8 Å². The lowest BCUT2D eigenvalue weighted by Gasteiger charge is -2.38. The van der Waals surface area contributed by atoms with Crippen LogP contribution in [0, 0.1) is 0 Å². The molecule has 2 unspecified atom stereocenters. The minimum absolute atomic E-state index is 0.0514. The Hall–Kier alpha value is -2.43. The van der Waals surface area contributed by atoms with Gasteiger partial charge in [-0.1, -0.05) is 35.7 Å². The first-order chi connectivity index (χ1) is 19.4. The summed E-state index contributed by atoms with van der Waals surface area (Å²) in [6.07, 6.45) is 1.60. The second kappa shape index (κ2) is 12.2. The van der Waals surface area contributed by atoms with Crippen LogP contribution in [0.5, 0.6) is 0 Å². The molecular weight excluding hydrogens is 539 g/mol. The topological polar surface area (TPSA) is 63.8 Å². The Labute approximate surface area is 245 Å². The fraction of sp³-hybridized carbons (Fsp3) is 0.452. The van der Waals surface area contributed by atoms with E-state index in [1.165, 1.54) is 30.8 Å². The van der Waals surface area contributed by atoms with E-state index in [0.29, 0.717) is 37.5 Å². The first kappa shape index (κ1) is 27.7. The average molecular weight is 578 g/mol. The molecule has 0 aliphatic carbocycles. The fourth-order valence-corrected chi connectivity index (χ4v) is 8.31. The number of rotatable bonds is 7. The van der Waals surface area contributed by atoms with Gasteiger partial charge >= 0.3 is 0 Å². The van der Waals surface area contributed by atoms with E-state index in [9.17, 15) is 4.79 Å². The monoisotopic (exact) mass is 577 g/mol. The molecule has 2 fully saturated rings. The van der Waals surface area contributed by atoms with Gasteiger partial charge in [0.1, 0.15) is 11.8 Å². The number of benzene rings is 2. The highest BCUT2D eigenvalue weighted by Gasteiger charge is 2.29. The van der Waals surface area contributed by atoms with E-state index in [1.807, 2.05) is 35.7 Å². The Kier molecular flexibility index (Phi) is 8.46. The molecule has 0 saturated carbocycles. The second-order valence-electron chi connectivity index (χ2n) is 11.2. The Morgan fingerprint density at radius 3 is 2.62 bits per heavy atom. The van der Waals surface area contributed by atoms with Gasteiger partial charge in [-0.15, -0.1) is 0 Å². The van der Waals surface area contributed by atoms with E-state index in [-0.39, 0.29) is 11.7 Å². The lowest BCUT2D eigenvalue weighted by Crippen LogP contribution is -2.50. The maximum Gasteiger partial charge on any atom is 0.271 e. The van der Waals surface area contributed by atoms with Gasteiger partial charge in [0.05, 0.1) is 6.61 Å². The highest BCUT2D eigenvalue weighted by Crippen LogP contribution is 2.51. The van der Waals surface area contributed by atoms with Crippen LogP contribution < -0.4 is 15.8 Å². The summed E-state index contributed by atoms with van der Waals surface area (Å²) < 4.78 is 6.26. The number of H-pyrrole nitrogens is 1. The second-order valence-corrected chi connectivity index (χ2v) is 13.3. The molecular formula is C31H39N5O2S2. The number of piperazine rings is 1. The molecule has 0 spiro atoms. The zero-order valence-electron chi connectivity index (χ0n) is 23.6. The number of pyridine rings is 1. The molecule has 0 amide bonds. The van der Waals surface area contributed by atoms with Crippen LogP contribution in [-0.4, -0.2) is 79.3 Å². The molecule has 0 bridgehead atoms. The molecule has 3 aliphatic rings. The summed E-state index contributed by atoms with van der Waals surface area (Å²) in [7, 11) is 0. The third-order valence-electron chi connectivity index (χ3n) is 8.02. The fourth-order valence-electron chi connectivity index (χ4n) is 5.86. The Bertz CT molecular complexity index is 1390. The number of nitrogens with one attached hydrogen (secondary N) is 2. The van der Waals surface area contributed by atoms with Gasteiger partial charge in [0.2, 0.25) is 0 Å². The minimum atomic E-state index is -0.0813. The van der Waals surface area contributed by atoms with Gasteiger partial charge in [0.15, 0.2) is 0 Å². The minimum Gasteiger partial charge on any atom is -0.381 e. The molecule has 0 radical (unpaired) electrons. The van der Waals surface area contributed by atoms with E-state index < -0.39 is 0 Å². The highest BCUT2D eigenvalue weighted by atomic mass is 32.2. The van der Waals surface area contributed by atoms with Crippen molar-refractivity contribution in [2.45, 2.75) is 58.5 Å². The number of fused-ring (bicyclic) bond motifs is 2. The summed E-state index contributed by atoms with van der Waals surface area (Å²) in [6, 6.07) is 18.1. The molecule has 1 aromatic heterocycles. The van der Waals surface area contributed by atoms with E-state index in [0.717, 1.165) is 32.7 Å². The molecule has 4 heterocycles. The van der Waals surface area contributed by atoms with Gasteiger partial charge in [-0.05, 0) is 62.7 Å². The van der Waals surface area contributed by atoms with Crippen LogP contribution in [-0.2, 0) is 4.74 Å². The normalized spacial score (nSPS) is 20.7. The van der Waals surface area contributed by atoms with E-state index >= 15 is 0 Å². The largest absolute Gasteiger partial charge is 0.381 e. The first-order valence-corrected chi connectivity index (χ1v) is 16.0. The van der Waals surface area contributed by atoms with Crippen LogP contribution in [0.25, 0.3) is 0 Å². The van der Waals surface area contributed by atoms with Crippen molar-refractivity contribution in [3.8, 4) is 0 Å². The summed E-state index contributed by atoms with van der Waals surface area (Å²) in [6.45, 7) is 14.5. The molecule has 7 nitrogen and oxygen atoms in total. The number of ether oxygens (including phenoxy) is 1. The van der Waals surface area contributed by atoms with Crippen molar-refractivity contribution in [3.05, 3.63) is 70.6 Å². The number of hydrogen-bond acceptors (Lipinski definition) is 8. The number of morpholine rings is 1. The van der Waals surface area contributed by atoms with E-state index in [4.69, 9.17) is 4.74 Å². The van der Waals surface area contributed by atoms with Crippen molar-refractivity contribution in [3.63, 3.8) is 0 Å². The number of anilines is 2. The molecule has 9 heteroatoms. The molecule has 3 aromatic rings. The molecule has 2 N–H and O–H groups in total. The molecule has 2 atom stereocenters. The molecule has 2 aromatic carbocycles. The number of nitrogens with zero attached hydrogens (tertiary/aromatic N) is 3. The van der Waals surface area contributed by atoms with Crippen LogP contribution in [0.2, 0.25) is 0 Å². The number of aromatic nitrogens is 1. The standard InChI is InChI=1S/C31H39N5O2S2/c1-21(2)35-14-12-34(13-15-35)19-22(3)33-23-9-10-27-29(18-23)39-28-8-4-6-24(30(28)40-27)26-20-36(16-17-38-26)25-7-5-11-32-31(25)37/h4-11,18,21-22,26,33H,12-17,19-20H2,1-3H3,(H,32,37). The summed E-state index contributed by atoms with van der Waals surface area (Å²) >= 11 is 3.67. The lowest BCUT2D eigenvalue weighted by molar-refractivity contribution is 0.0378. The Balaban J connectivity index is 1.12. The maximum absolute atomic E-state index is 12.4. The first-order valence-electron chi connectivity index (χ1n) is 14.3. The van der Waals surface area contributed by atoms with Crippen LogP contribution >= 0.6 is 23.5 Å². The number of hydrogen-bond donors (Lipinski definition) is 2. The molecule has 6 rings (SSSR count). The molecule has 2 saturated heterocycles. The van der Waals surface area contributed by atoms with Crippen molar-refractivity contribution < 1.29 is 4.74 Å². The predicted octanol–water partition coefficient (Wildman–Crippen LogP) is 5.40. The zero-order chi connectivity index (χ0) is 27.6. The summed E-state index contributed by atoms with van der Waals surface area (Å²) in [5.41, 5.74) is 3.04. The summed E-state index contributed by atoms with van der Waals surface area (Å²) in [5.74, 6) is 0. The average Bonchev–Trinajstić information content (AvgIpc) is 2.96. The SMILES string of the molecule is CC(CN1CCN(C(C)C)CC1)Nc1ccc2c(c1)Sc1cccc(C3CN(c4ccc[nH]c4=O)CCO3)c1S2. The van der Waals surface area contributed by atoms with Gasteiger partial charge in [0.25, 0.3) is 5.56 Å². The van der Waals surface area contributed by atoms with Crippen LogP contribution in [0.1, 0.15) is 32.4 Å². The molecule has 3 aliphatic heterocycles. The Morgan fingerprint density at radius 1 is 0.975 bits per heavy atom. The smallest absolute Gasteiger partial charge is 0.271 e. The van der Waals surface area contributed by atoms with Crippen LogP contribution in [0.15, 0.2) is 79.1 Å². The molecule has 40 heavy (non-hydrogen) atoms. The van der Waals surface area contributed by atoms with Crippen LogP contribution in [0.3, 0.4) is 0 Å². The van der Waals surface area contributed by atoms with E-state index in [1.54, 1.807) is 6.20 Å². The quantitative estimate of drug-likeness (QED) is 0.303. The maximum atomic E-state index is 12.4. The van der Waals surface area contributed by atoms with Gasteiger partial charge in [0, 0.05) is 89.4 Å².